The summed E-state index contributed by atoms with van der Waals surface area (Å²) >= 11 is 12.0. The molecule has 0 spiro atoms. The van der Waals surface area contributed by atoms with Crippen LogP contribution in [0.1, 0.15) is 43.6 Å². The molecule has 0 fully saturated rings. The van der Waals surface area contributed by atoms with Crippen LogP contribution in [0.4, 0.5) is 5.69 Å². The molecule has 0 aliphatic heterocycles. The molecule has 0 unspecified atom stereocenters. The average Bonchev–Trinajstić information content (AvgIpc) is 2.95. The number of anilines is 1. The number of hydrogen-bond acceptors (Lipinski definition) is 6. The first-order valence-electron chi connectivity index (χ1n) is 12.1. The van der Waals surface area contributed by atoms with E-state index in [-0.39, 0.29) is 22.2 Å². The molecule has 0 bridgehead atoms. The van der Waals surface area contributed by atoms with Crippen molar-refractivity contribution in [2.75, 3.05) is 11.9 Å². The van der Waals surface area contributed by atoms with E-state index >= 15 is 0 Å². The van der Waals surface area contributed by atoms with Crippen LogP contribution in [0.3, 0.4) is 0 Å². The molecular weight excluding hydrogens is 553 g/mol. The van der Waals surface area contributed by atoms with Gasteiger partial charge >= 0.3 is 5.97 Å². The van der Waals surface area contributed by atoms with Crippen molar-refractivity contribution in [1.29, 1.82) is 0 Å². The molecule has 202 valence electrons. The first kappa shape index (κ1) is 28.4. The van der Waals surface area contributed by atoms with Crippen molar-refractivity contribution >= 4 is 52.9 Å². The van der Waals surface area contributed by atoms with Crippen molar-refractivity contribution in [3.63, 3.8) is 0 Å². The van der Waals surface area contributed by atoms with Gasteiger partial charge in [-0.05, 0) is 79.2 Å². The summed E-state index contributed by atoms with van der Waals surface area (Å²) in [6.45, 7) is 2.11. The largest absolute Gasteiger partial charge is 0.490 e. The van der Waals surface area contributed by atoms with E-state index in [1.165, 1.54) is 18.3 Å². The molecule has 10 heteroatoms. The van der Waals surface area contributed by atoms with Crippen LogP contribution in [0.15, 0.2) is 96.1 Å². The number of halogens is 2. The second-order valence-electron chi connectivity index (χ2n) is 8.25. The molecule has 8 nitrogen and oxygen atoms in total. The minimum atomic E-state index is -0.668. The van der Waals surface area contributed by atoms with Gasteiger partial charge in [0.2, 0.25) is 0 Å². The van der Waals surface area contributed by atoms with E-state index in [4.69, 9.17) is 32.7 Å². The summed E-state index contributed by atoms with van der Waals surface area (Å²) in [5.41, 5.74) is 4.47. The molecular formula is C30H23Cl2N3O5. The van der Waals surface area contributed by atoms with Gasteiger partial charge < -0.3 is 14.8 Å². The lowest BCUT2D eigenvalue weighted by molar-refractivity contribution is 0.0728. The fourth-order valence-electron chi connectivity index (χ4n) is 3.53. The Morgan fingerprint density at radius 3 is 2.35 bits per heavy atom. The summed E-state index contributed by atoms with van der Waals surface area (Å²) in [5.74, 6) is -0.931. The van der Waals surface area contributed by atoms with Crippen LogP contribution < -0.4 is 20.2 Å². The van der Waals surface area contributed by atoms with Crippen molar-refractivity contribution in [2.24, 2.45) is 5.10 Å². The molecule has 0 aromatic heterocycles. The predicted octanol–water partition coefficient (Wildman–Crippen LogP) is 6.63. The third kappa shape index (κ3) is 7.47. The van der Waals surface area contributed by atoms with Crippen molar-refractivity contribution in [1.82, 2.24) is 5.43 Å². The highest BCUT2D eigenvalue weighted by molar-refractivity contribution is 6.36. The van der Waals surface area contributed by atoms with Gasteiger partial charge in [-0.1, -0.05) is 47.5 Å². The molecule has 4 aromatic carbocycles. The third-order valence-electron chi connectivity index (χ3n) is 5.42. The molecule has 0 aliphatic carbocycles. The second-order valence-corrected chi connectivity index (χ2v) is 9.10. The van der Waals surface area contributed by atoms with E-state index in [1.54, 1.807) is 79.7 Å². The van der Waals surface area contributed by atoms with Crippen LogP contribution >= 0.6 is 23.2 Å². The molecule has 2 amide bonds. The lowest BCUT2D eigenvalue weighted by atomic mass is 10.1. The Morgan fingerprint density at radius 1 is 0.825 bits per heavy atom. The van der Waals surface area contributed by atoms with Crippen LogP contribution in [0.2, 0.25) is 10.0 Å². The van der Waals surface area contributed by atoms with Gasteiger partial charge in [0, 0.05) is 21.8 Å². The average molecular weight is 576 g/mol. The molecule has 0 saturated carbocycles. The van der Waals surface area contributed by atoms with Gasteiger partial charge in [0.1, 0.15) is 0 Å². The zero-order chi connectivity index (χ0) is 28.5. The van der Waals surface area contributed by atoms with E-state index in [9.17, 15) is 14.4 Å². The van der Waals surface area contributed by atoms with E-state index in [2.05, 4.69) is 15.8 Å². The highest BCUT2D eigenvalue weighted by Crippen LogP contribution is 2.30. The van der Waals surface area contributed by atoms with E-state index in [0.717, 1.165) is 0 Å². The summed E-state index contributed by atoms with van der Waals surface area (Å²) < 4.78 is 11.1. The van der Waals surface area contributed by atoms with Crippen molar-refractivity contribution in [3.05, 3.63) is 123 Å². The number of hydrogen-bond donors (Lipinski definition) is 2. The number of carbonyl (C=O) groups excluding carboxylic acids is 3. The Balaban J connectivity index is 1.41. The van der Waals surface area contributed by atoms with Crippen LogP contribution in [0.25, 0.3) is 0 Å². The van der Waals surface area contributed by atoms with Crippen molar-refractivity contribution < 1.29 is 23.9 Å². The SMILES string of the molecule is CCOc1cc(C=NNC(=O)c2cccc(NC(=O)c3ccccc3)c2)ccc1OC(=O)c1ccc(Cl)cc1Cl. The lowest BCUT2D eigenvalue weighted by Gasteiger charge is -2.12. The quantitative estimate of drug-likeness (QED) is 0.101. The van der Waals surface area contributed by atoms with E-state index in [0.29, 0.717) is 39.8 Å². The third-order valence-corrected chi connectivity index (χ3v) is 5.97. The molecule has 0 saturated heterocycles. The molecule has 0 heterocycles. The number of carbonyl (C=O) groups is 3. The number of benzene rings is 4. The van der Waals surface area contributed by atoms with Gasteiger partial charge in [0.25, 0.3) is 11.8 Å². The predicted molar refractivity (Wildman–Crippen MR) is 155 cm³/mol. The van der Waals surface area contributed by atoms with Gasteiger partial charge in [0.15, 0.2) is 11.5 Å². The molecule has 0 radical (unpaired) electrons. The maximum Gasteiger partial charge on any atom is 0.345 e. The smallest absolute Gasteiger partial charge is 0.345 e. The normalized spacial score (nSPS) is 10.7. The fraction of sp³-hybridized carbons (Fsp3) is 0.0667. The van der Waals surface area contributed by atoms with Crippen LogP contribution in [-0.2, 0) is 0 Å². The maximum atomic E-state index is 12.6. The van der Waals surface area contributed by atoms with Gasteiger partial charge in [-0.3, -0.25) is 9.59 Å². The Kier molecular flexibility index (Phi) is 9.51. The number of nitrogens with zero attached hydrogens (tertiary/aromatic N) is 1. The zero-order valence-corrected chi connectivity index (χ0v) is 22.7. The van der Waals surface area contributed by atoms with E-state index in [1.807, 2.05) is 6.07 Å². The molecule has 2 N–H and O–H groups in total. The van der Waals surface area contributed by atoms with Gasteiger partial charge in [-0.15, -0.1) is 0 Å². The summed E-state index contributed by atoms with van der Waals surface area (Å²) in [5, 5.41) is 7.34. The minimum Gasteiger partial charge on any atom is -0.490 e. The fourth-order valence-corrected chi connectivity index (χ4v) is 4.01. The zero-order valence-electron chi connectivity index (χ0n) is 21.2. The van der Waals surface area contributed by atoms with Crippen molar-refractivity contribution in [2.45, 2.75) is 6.92 Å². The monoisotopic (exact) mass is 575 g/mol. The number of esters is 1. The van der Waals surface area contributed by atoms with Gasteiger partial charge in [0.05, 0.1) is 23.4 Å². The van der Waals surface area contributed by atoms with Crippen LogP contribution in [0.5, 0.6) is 11.5 Å². The number of nitrogens with one attached hydrogen (secondary N) is 2. The number of hydrazone groups is 1. The summed E-state index contributed by atoms with van der Waals surface area (Å²) in [7, 11) is 0. The standard InChI is InChI=1S/C30H23Cl2N3O5/c1-2-39-27-15-19(11-14-26(27)40-30(38)24-13-12-22(31)17-25(24)32)18-33-35-29(37)21-9-6-10-23(16-21)34-28(36)20-7-4-3-5-8-20/h3-18H,2H2,1H3,(H,34,36)(H,35,37). The molecule has 40 heavy (non-hydrogen) atoms. The van der Waals surface area contributed by atoms with Gasteiger partial charge in [-0.25, -0.2) is 10.2 Å². The maximum absolute atomic E-state index is 12.6. The van der Waals surface area contributed by atoms with Crippen LogP contribution in [-0.4, -0.2) is 30.6 Å². The summed E-state index contributed by atoms with van der Waals surface area (Å²) in [6, 6.07) is 24.5. The molecule has 0 atom stereocenters. The number of ether oxygens (including phenoxy) is 2. The van der Waals surface area contributed by atoms with Crippen molar-refractivity contribution in [3.8, 4) is 11.5 Å². The van der Waals surface area contributed by atoms with Crippen LogP contribution in [0, 0.1) is 0 Å². The Hall–Kier alpha value is -4.66. The first-order chi connectivity index (χ1) is 19.3. The first-order valence-corrected chi connectivity index (χ1v) is 12.8. The molecule has 0 aliphatic rings. The highest BCUT2D eigenvalue weighted by Gasteiger charge is 2.16. The number of rotatable bonds is 9. The minimum absolute atomic E-state index is 0.158. The molecule has 4 rings (SSSR count). The topological polar surface area (TPSA) is 106 Å². The Bertz CT molecular complexity index is 1580. The second kappa shape index (κ2) is 13.4. The highest BCUT2D eigenvalue weighted by atomic mass is 35.5. The summed E-state index contributed by atoms with van der Waals surface area (Å²) in [4.78, 5) is 37.7. The van der Waals surface area contributed by atoms with Gasteiger partial charge in [-0.2, -0.15) is 5.10 Å². The Labute approximate surface area is 240 Å². The summed E-state index contributed by atoms with van der Waals surface area (Å²) in [6.07, 6.45) is 1.42. The Morgan fingerprint density at radius 2 is 1.60 bits per heavy atom. The van der Waals surface area contributed by atoms with E-state index < -0.39 is 11.9 Å². The molecule has 4 aromatic rings. The lowest BCUT2D eigenvalue weighted by Crippen LogP contribution is -2.18. The number of amides is 2.